The Morgan fingerprint density at radius 1 is 1.39 bits per heavy atom. The lowest BCUT2D eigenvalue weighted by atomic mass is 10.0. The van der Waals surface area contributed by atoms with E-state index in [9.17, 15) is 4.79 Å². The molecule has 1 aliphatic carbocycles. The summed E-state index contributed by atoms with van der Waals surface area (Å²) in [6.07, 6.45) is 2.94. The maximum Gasteiger partial charge on any atom is 0.225 e. The molecule has 3 N–H and O–H groups in total. The van der Waals surface area contributed by atoms with E-state index in [2.05, 4.69) is 21.2 Å². The average Bonchev–Trinajstić information content (AvgIpc) is 2.76. The van der Waals surface area contributed by atoms with Gasteiger partial charge in [0.25, 0.3) is 0 Å². The predicted molar refractivity (Wildman–Crippen MR) is 76.0 cm³/mol. The van der Waals surface area contributed by atoms with Gasteiger partial charge in [-0.25, -0.2) is 0 Å². The molecule has 1 saturated carbocycles. The number of carbonyl (C=O) groups excluding carboxylic acids is 1. The van der Waals surface area contributed by atoms with Gasteiger partial charge in [-0.2, -0.15) is 0 Å². The van der Waals surface area contributed by atoms with Gasteiger partial charge in [0.1, 0.15) is 0 Å². The summed E-state index contributed by atoms with van der Waals surface area (Å²) >= 11 is 3.40. The van der Waals surface area contributed by atoms with Crippen molar-refractivity contribution in [1.29, 1.82) is 0 Å². The summed E-state index contributed by atoms with van der Waals surface area (Å²) in [5.74, 6) is 0.0818. The molecule has 0 radical (unpaired) electrons. The van der Waals surface area contributed by atoms with Crippen LogP contribution in [-0.4, -0.2) is 11.9 Å². The van der Waals surface area contributed by atoms with Crippen LogP contribution in [-0.2, 0) is 4.79 Å². The SMILES string of the molecule is C[C@H](NC(=O)C1CCCC1N)c1ccc(Br)cc1. The van der Waals surface area contributed by atoms with Crippen molar-refractivity contribution in [3.8, 4) is 0 Å². The molecular formula is C14H19BrN2O. The van der Waals surface area contributed by atoms with Gasteiger partial charge >= 0.3 is 0 Å². The molecule has 3 atom stereocenters. The first kappa shape index (κ1) is 13.6. The zero-order chi connectivity index (χ0) is 13.1. The fourth-order valence-electron chi connectivity index (χ4n) is 2.47. The normalized spacial score (nSPS) is 24.8. The van der Waals surface area contributed by atoms with Crippen molar-refractivity contribution in [2.75, 3.05) is 0 Å². The summed E-state index contributed by atoms with van der Waals surface area (Å²) in [5.41, 5.74) is 7.06. The first-order valence-electron chi connectivity index (χ1n) is 6.39. The summed E-state index contributed by atoms with van der Waals surface area (Å²) < 4.78 is 1.04. The highest BCUT2D eigenvalue weighted by molar-refractivity contribution is 9.10. The van der Waals surface area contributed by atoms with Gasteiger partial charge in [0, 0.05) is 10.5 Å². The van der Waals surface area contributed by atoms with Gasteiger partial charge in [0.15, 0.2) is 0 Å². The van der Waals surface area contributed by atoms with E-state index in [1.807, 2.05) is 31.2 Å². The second-order valence-corrected chi connectivity index (χ2v) is 5.90. The van der Waals surface area contributed by atoms with E-state index in [-0.39, 0.29) is 23.9 Å². The number of amides is 1. The smallest absolute Gasteiger partial charge is 0.225 e. The van der Waals surface area contributed by atoms with E-state index in [1.54, 1.807) is 0 Å². The number of carbonyl (C=O) groups is 1. The minimum atomic E-state index is -0.0112. The van der Waals surface area contributed by atoms with Crippen molar-refractivity contribution < 1.29 is 4.79 Å². The van der Waals surface area contributed by atoms with Crippen LogP contribution in [0.25, 0.3) is 0 Å². The molecule has 1 fully saturated rings. The Kier molecular flexibility index (Phi) is 4.40. The molecule has 0 heterocycles. The molecule has 0 saturated heterocycles. The Balaban J connectivity index is 1.96. The lowest BCUT2D eigenvalue weighted by Gasteiger charge is -2.20. The molecule has 1 aromatic carbocycles. The highest BCUT2D eigenvalue weighted by Gasteiger charge is 2.30. The Bertz CT molecular complexity index is 418. The zero-order valence-corrected chi connectivity index (χ0v) is 12.1. The third kappa shape index (κ3) is 3.12. The first-order chi connectivity index (χ1) is 8.58. The van der Waals surface area contributed by atoms with Crippen LogP contribution in [0.2, 0.25) is 0 Å². The summed E-state index contributed by atoms with van der Waals surface area (Å²) in [6, 6.07) is 8.06. The molecule has 3 nitrogen and oxygen atoms in total. The fourth-order valence-corrected chi connectivity index (χ4v) is 2.73. The zero-order valence-electron chi connectivity index (χ0n) is 10.5. The molecule has 1 aliphatic rings. The number of rotatable bonds is 3. The standard InChI is InChI=1S/C14H19BrN2O/c1-9(10-5-7-11(15)8-6-10)17-14(18)12-3-2-4-13(12)16/h5-9,12-13H,2-4,16H2,1H3,(H,17,18)/t9-,12?,13?/m0/s1. The topological polar surface area (TPSA) is 55.1 Å². The van der Waals surface area contributed by atoms with Gasteiger partial charge in [0.05, 0.1) is 12.0 Å². The van der Waals surface area contributed by atoms with Crippen LogP contribution in [0.3, 0.4) is 0 Å². The molecule has 0 aliphatic heterocycles. The monoisotopic (exact) mass is 310 g/mol. The number of halogens is 1. The van der Waals surface area contributed by atoms with Crippen LogP contribution >= 0.6 is 15.9 Å². The Morgan fingerprint density at radius 3 is 2.61 bits per heavy atom. The van der Waals surface area contributed by atoms with E-state index >= 15 is 0 Å². The van der Waals surface area contributed by atoms with Gasteiger partial charge in [-0.15, -0.1) is 0 Å². The summed E-state index contributed by atoms with van der Waals surface area (Å²) in [4.78, 5) is 12.1. The lowest BCUT2D eigenvalue weighted by Crippen LogP contribution is -2.39. The molecule has 98 valence electrons. The fraction of sp³-hybridized carbons (Fsp3) is 0.500. The molecular weight excluding hydrogens is 292 g/mol. The van der Waals surface area contributed by atoms with E-state index in [0.29, 0.717) is 0 Å². The number of hydrogen-bond donors (Lipinski definition) is 2. The third-order valence-electron chi connectivity index (χ3n) is 3.63. The minimum Gasteiger partial charge on any atom is -0.349 e. The van der Waals surface area contributed by atoms with Gasteiger partial charge < -0.3 is 11.1 Å². The Labute approximate surface area is 116 Å². The number of benzene rings is 1. The van der Waals surface area contributed by atoms with Crippen LogP contribution in [0.5, 0.6) is 0 Å². The van der Waals surface area contributed by atoms with Crippen LogP contribution in [0.4, 0.5) is 0 Å². The molecule has 2 rings (SSSR count). The van der Waals surface area contributed by atoms with Crippen LogP contribution < -0.4 is 11.1 Å². The number of nitrogens with one attached hydrogen (secondary N) is 1. The maximum absolute atomic E-state index is 12.1. The lowest BCUT2D eigenvalue weighted by molar-refractivity contribution is -0.125. The largest absolute Gasteiger partial charge is 0.349 e. The third-order valence-corrected chi connectivity index (χ3v) is 4.16. The highest BCUT2D eigenvalue weighted by atomic mass is 79.9. The Hall–Kier alpha value is -0.870. The van der Waals surface area contributed by atoms with E-state index < -0.39 is 0 Å². The summed E-state index contributed by atoms with van der Waals surface area (Å²) in [7, 11) is 0. The van der Waals surface area contributed by atoms with Crippen molar-refractivity contribution in [1.82, 2.24) is 5.32 Å². The quantitative estimate of drug-likeness (QED) is 0.902. The summed E-state index contributed by atoms with van der Waals surface area (Å²) in [6.45, 7) is 2.00. The van der Waals surface area contributed by atoms with Crippen molar-refractivity contribution in [2.45, 2.75) is 38.3 Å². The maximum atomic E-state index is 12.1. The first-order valence-corrected chi connectivity index (χ1v) is 7.18. The van der Waals surface area contributed by atoms with Gasteiger partial charge in [0.2, 0.25) is 5.91 Å². The molecule has 1 amide bonds. The van der Waals surface area contributed by atoms with Crippen molar-refractivity contribution in [3.05, 3.63) is 34.3 Å². The number of hydrogen-bond acceptors (Lipinski definition) is 2. The van der Waals surface area contributed by atoms with Crippen LogP contribution in [0.15, 0.2) is 28.7 Å². The van der Waals surface area contributed by atoms with E-state index in [4.69, 9.17) is 5.73 Å². The molecule has 4 heteroatoms. The summed E-state index contributed by atoms with van der Waals surface area (Å²) in [5, 5.41) is 3.05. The van der Waals surface area contributed by atoms with E-state index in [0.717, 1.165) is 29.3 Å². The Morgan fingerprint density at radius 2 is 2.06 bits per heavy atom. The van der Waals surface area contributed by atoms with Crippen molar-refractivity contribution in [3.63, 3.8) is 0 Å². The molecule has 18 heavy (non-hydrogen) atoms. The molecule has 0 spiro atoms. The molecule has 2 unspecified atom stereocenters. The second kappa shape index (κ2) is 5.85. The van der Waals surface area contributed by atoms with Gasteiger partial charge in [-0.05, 0) is 37.5 Å². The number of nitrogens with two attached hydrogens (primary N) is 1. The van der Waals surface area contributed by atoms with Crippen molar-refractivity contribution in [2.24, 2.45) is 11.7 Å². The highest BCUT2D eigenvalue weighted by Crippen LogP contribution is 2.25. The van der Waals surface area contributed by atoms with Crippen LogP contribution in [0.1, 0.15) is 37.8 Å². The van der Waals surface area contributed by atoms with E-state index in [1.165, 1.54) is 0 Å². The average molecular weight is 311 g/mol. The molecule has 0 aromatic heterocycles. The molecule has 1 aromatic rings. The van der Waals surface area contributed by atoms with Crippen molar-refractivity contribution >= 4 is 21.8 Å². The van der Waals surface area contributed by atoms with Gasteiger partial charge in [-0.3, -0.25) is 4.79 Å². The second-order valence-electron chi connectivity index (χ2n) is 4.98. The van der Waals surface area contributed by atoms with Crippen LogP contribution in [0, 0.1) is 5.92 Å². The molecule has 0 bridgehead atoms. The van der Waals surface area contributed by atoms with Gasteiger partial charge in [-0.1, -0.05) is 34.5 Å². The predicted octanol–water partition coefficient (Wildman–Crippen LogP) is 2.75. The minimum absolute atomic E-state index is 0.0112.